The summed E-state index contributed by atoms with van der Waals surface area (Å²) in [4.78, 5) is 45.1. The van der Waals surface area contributed by atoms with Crippen LogP contribution in [-0.4, -0.2) is 53.2 Å². The van der Waals surface area contributed by atoms with Gasteiger partial charge in [-0.3, -0.25) is 14.5 Å². The number of Topliss-reactive ketones (excluding diaryl/α,β-unsaturated/α-hetero) is 1. The fraction of sp³-hybridized carbons (Fsp3) is 0.241. The molecule has 0 radical (unpaired) electrons. The predicted molar refractivity (Wildman–Crippen MR) is 149 cm³/mol. The van der Waals surface area contributed by atoms with Crippen LogP contribution in [0.15, 0.2) is 60.7 Å². The summed E-state index contributed by atoms with van der Waals surface area (Å²) in [6.07, 6.45) is 2.25. The zero-order valence-corrected chi connectivity index (χ0v) is 23.0. The topological polar surface area (TPSA) is 135 Å². The first kappa shape index (κ1) is 28.4. The van der Waals surface area contributed by atoms with Crippen LogP contribution in [0.3, 0.4) is 0 Å². The number of carbonyl (C=O) groups excluding carboxylic acids is 3. The molecule has 1 aliphatic heterocycles. The van der Waals surface area contributed by atoms with E-state index in [0.29, 0.717) is 29.2 Å². The first-order chi connectivity index (χ1) is 19.2. The number of aryl methyl sites for hydroxylation is 1. The summed E-state index contributed by atoms with van der Waals surface area (Å²) in [6.45, 7) is 7.60. The van der Waals surface area contributed by atoms with E-state index in [1.54, 1.807) is 31.2 Å². The van der Waals surface area contributed by atoms with E-state index in [9.17, 15) is 24.6 Å². The Kier molecular flexibility index (Phi) is 8.54. The third-order valence-corrected chi connectivity index (χ3v) is 7.21. The average molecular weight is 565 g/mol. The van der Waals surface area contributed by atoms with Crippen molar-refractivity contribution in [1.82, 2.24) is 4.98 Å². The Bertz CT molecular complexity index is 1490. The summed E-state index contributed by atoms with van der Waals surface area (Å²) in [7, 11) is 1.36. The van der Waals surface area contributed by atoms with E-state index in [0.717, 1.165) is 22.7 Å². The summed E-state index contributed by atoms with van der Waals surface area (Å²) in [6, 6.07) is 9.68. The number of thiazole rings is 1. The lowest BCUT2D eigenvalue weighted by Gasteiger charge is -2.23. The number of aliphatic hydroxyl groups is 1. The van der Waals surface area contributed by atoms with Gasteiger partial charge in [0.2, 0.25) is 0 Å². The van der Waals surface area contributed by atoms with Gasteiger partial charge in [0.05, 0.1) is 31.0 Å². The number of carbonyl (C=O) groups is 3. The number of phenols is 1. The van der Waals surface area contributed by atoms with Crippen molar-refractivity contribution in [3.63, 3.8) is 0 Å². The van der Waals surface area contributed by atoms with Crippen LogP contribution in [0.2, 0.25) is 0 Å². The second-order valence-electron chi connectivity index (χ2n) is 8.77. The number of methoxy groups -OCH3 is 1. The van der Waals surface area contributed by atoms with E-state index in [4.69, 9.17) is 14.2 Å². The van der Waals surface area contributed by atoms with Crippen LogP contribution >= 0.6 is 11.3 Å². The van der Waals surface area contributed by atoms with E-state index < -0.39 is 29.5 Å². The summed E-state index contributed by atoms with van der Waals surface area (Å²) in [5, 5.41) is 21.6. The van der Waals surface area contributed by atoms with Crippen LogP contribution in [0.1, 0.15) is 45.9 Å². The number of ether oxygens (including phenoxy) is 3. The molecule has 3 aromatic rings. The van der Waals surface area contributed by atoms with E-state index in [2.05, 4.69) is 11.6 Å². The number of amides is 1. The Labute approximate surface area is 234 Å². The van der Waals surface area contributed by atoms with Crippen LogP contribution in [-0.2, 0) is 14.3 Å². The molecule has 1 fully saturated rings. The molecule has 4 rings (SSSR count). The second kappa shape index (κ2) is 12.0. The lowest BCUT2D eigenvalue weighted by molar-refractivity contribution is -0.132. The largest absolute Gasteiger partial charge is 0.507 e. The number of aromatic hydroxyl groups is 1. The first-order valence-corrected chi connectivity index (χ1v) is 13.2. The van der Waals surface area contributed by atoms with Gasteiger partial charge < -0.3 is 24.4 Å². The number of aliphatic hydroxyl groups excluding tert-OH is 1. The number of hydrogen-bond acceptors (Lipinski definition) is 10. The van der Waals surface area contributed by atoms with Gasteiger partial charge in [0.25, 0.3) is 5.78 Å². The molecule has 1 aromatic heterocycles. The van der Waals surface area contributed by atoms with Gasteiger partial charge >= 0.3 is 11.9 Å². The highest BCUT2D eigenvalue weighted by atomic mass is 32.1. The van der Waals surface area contributed by atoms with Crippen molar-refractivity contribution in [1.29, 1.82) is 0 Å². The Morgan fingerprint density at radius 1 is 1.20 bits per heavy atom. The van der Waals surface area contributed by atoms with Gasteiger partial charge in [0.15, 0.2) is 16.6 Å². The quantitative estimate of drug-likeness (QED) is 0.116. The van der Waals surface area contributed by atoms with Crippen molar-refractivity contribution in [2.75, 3.05) is 25.2 Å². The molecule has 11 heteroatoms. The van der Waals surface area contributed by atoms with Gasteiger partial charge in [0.1, 0.15) is 23.0 Å². The number of benzene rings is 2. The summed E-state index contributed by atoms with van der Waals surface area (Å²) in [5.41, 5.74) is 0.771. The summed E-state index contributed by atoms with van der Waals surface area (Å²) in [5.74, 6) is -2.39. The number of rotatable bonds is 10. The molecule has 0 bridgehead atoms. The highest BCUT2D eigenvalue weighted by Crippen LogP contribution is 2.45. The monoisotopic (exact) mass is 564 g/mol. The van der Waals surface area contributed by atoms with Crippen LogP contribution in [0.5, 0.6) is 17.2 Å². The molecule has 1 aliphatic rings. The van der Waals surface area contributed by atoms with Gasteiger partial charge in [-0.2, -0.15) is 0 Å². The van der Waals surface area contributed by atoms with Crippen molar-refractivity contribution >= 4 is 39.9 Å². The molecule has 1 unspecified atom stereocenters. The Morgan fingerprint density at radius 2 is 1.93 bits per heavy atom. The van der Waals surface area contributed by atoms with Crippen molar-refractivity contribution in [2.45, 2.75) is 26.3 Å². The van der Waals surface area contributed by atoms with Crippen LogP contribution in [0.4, 0.5) is 5.13 Å². The Morgan fingerprint density at radius 3 is 2.58 bits per heavy atom. The van der Waals surface area contributed by atoms with Gasteiger partial charge in [-0.1, -0.05) is 37.0 Å². The molecule has 208 valence electrons. The van der Waals surface area contributed by atoms with Gasteiger partial charge in [0, 0.05) is 5.56 Å². The molecular formula is C29H28N2O8S. The molecule has 10 nitrogen and oxygen atoms in total. The molecule has 2 heterocycles. The van der Waals surface area contributed by atoms with E-state index in [-0.39, 0.29) is 33.7 Å². The van der Waals surface area contributed by atoms with E-state index in [1.165, 1.54) is 31.4 Å². The smallest absolute Gasteiger partial charge is 0.350 e. The highest BCUT2D eigenvalue weighted by Gasteiger charge is 2.48. The molecule has 2 aromatic carbocycles. The van der Waals surface area contributed by atoms with E-state index >= 15 is 0 Å². The Hall–Kier alpha value is -4.64. The second-order valence-corrected chi connectivity index (χ2v) is 9.75. The number of hydrogen-bond donors (Lipinski definition) is 2. The molecule has 2 N–H and O–H groups in total. The number of nitrogens with zero attached hydrogens (tertiary/aromatic N) is 2. The summed E-state index contributed by atoms with van der Waals surface area (Å²) >= 11 is 0.883. The predicted octanol–water partition coefficient (Wildman–Crippen LogP) is 4.92. The lowest BCUT2D eigenvalue weighted by Crippen LogP contribution is -2.29. The maximum Gasteiger partial charge on any atom is 0.350 e. The van der Waals surface area contributed by atoms with Crippen LogP contribution in [0, 0.1) is 6.92 Å². The molecule has 1 atom stereocenters. The normalized spacial score (nSPS) is 16.2. The number of aromatic nitrogens is 1. The molecule has 0 spiro atoms. The van der Waals surface area contributed by atoms with Crippen LogP contribution in [0.25, 0.3) is 5.76 Å². The number of esters is 1. The minimum Gasteiger partial charge on any atom is -0.507 e. The third kappa shape index (κ3) is 5.41. The molecule has 40 heavy (non-hydrogen) atoms. The minimum atomic E-state index is -1.15. The fourth-order valence-corrected chi connectivity index (χ4v) is 5.16. The van der Waals surface area contributed by atoms with Crippen LogP contribution < -0.4 is 14.4 Å². The Balaban J connectivity index is 1.86. The zero-order valence-electron chi connectivity index (χ0n) is 22.2. The number of phenolic OH excluding ortho intramolecular Hbond substituents is 1. The average Bonchev–Trinajstić information content (AvgIpc) is 3.47. The molecule has 1 saturated heterocycles. The van der Waals surface area contributed by atoms with E-state index in [1.807, 2.05) is 6.92 Å². The first-order valence-electron chi connectivity index (χ1n) is 12.4. The van der Waals surface area contributed by atoms with Gasteiger partial charge in [-0.15, -0.1) is 0 Å². The van der Waals surface area contributed by atoms with Gasteiger partial charge in [-0.25, -0.2) is 9.78 Å². The fourth-order valence-electron chi connectivity index (χ4n) is 4.17. The third-order valence-electron chi connectivity index (χ3n) is 6.07. The van der Waals surface area contributed by atoms with Crippen molar-refractivity contribution in [3.05, 3.63) is 82.4 Å². The minimum absolute atomic E-state index is 0.00834. The van der Waals surface area contributed by atoms with Crippen molar-refractivity contribution in [3.8, 4) is 17.2 Å². The SMILES string of the molecule is C=CCOC(=O)c1sc(N2C(=O)C(=O)/C(=C(/O)c3ccc(OCCC)cc3)C2c2ccc(O)c(OC)c2)nc1C. The maximum absolute atomic E-state index is 13.5. The van der Waals surface area contributed by atoms with Crippen molar-refractivity contribution < 1.29 is 38.8 Å². The molecule has 1 amide bonds. The highest BCUT2D eigenvalue weighted by molar-refractivity contribution is 7.17. The van der Waals surface area contributed by atoms with Gasteiger partial charge in [-0.05, 0) is 55.3 Å². The molecular weight excluding hydrogens is 536 g/mol. The molecule has 0 saturated carbocycles. The zero-order chi connectivity index (χ0) is 29.0. The number of anilines is 1. The maximum atomic E-state index is 13.5. The standard InChI is InChI=1S/C29H28N2O8S/c1-5-13-38-19-10-7-17(8-11-19)24(33)22-23(18-9-12-20(32)21(15-18)37-4)31(27(35)25(22)34)29-30-16(3)26(40-29)28(36)39-14-6-2/h6-12,15,23,32-33H,2,5,13-14H2,1,3-4H3/b24-22+. The summed E-state index contributed by atoms with van der Waals surface area (Å²) < 4.78 is 16.0. The molecule has 0 aliphatic carbocycles. The lowest BCUT2D eigenvalue weighted by atomic mass is 9.95. The number of ketones is 1. The van der Waals surface area contributed by atoms with Crippen molar-refractivity contribution in [2.24, 2.45) is 0 Å².